The highest BCUT2D eigenvalue weighted by Crippen LogP contribution is 2.24. The van der Waals surface area contributed by atoms with Crippen LogP contribution in [0.5, 0.6) is 11.5 Å². The third-order valence-electron chi connectivity index (χ3n) is 5.93. The lowest BCUT2D eigenvalue weighted by atomic mass is 10.0. The Morgan fingerprint density at radius 1 is 0.857 bits per heavy atom. The molecule has 1 N–H and O–H groups in total. The Morgan fingerprint density at radius 3 is 2.00 bits per heavy atom. The van der Waals surface area contributed by atoms with E-state index in [1.165, 1.54) is 4.90 Å². The van der Waals surface area contributed by atoms with Crippen molar-refractivity contribution in [1.29, 1.82) is 0 Å². The predicted molar refractivity (Wildman–Crippen MR) is 132 cm³/mol. The largest absolute Gasteiger partial charge is 0.490 e. The van der Waals surface area contributed by atoms with Gasteiger partial charge in [0.15, 0.2) is 0 Å². The lowest BCUT2D eigenvalue weighted by molar-refractivity contribution is 0.0526. The van der Waals surface area contributed by atoms with E-state index in [0.29, 0.717) is 44.7 Å². The zero-order valence-electron chi connectivity index (χ0n) is 19.7. The number of benzene rings is 3. The van der Waals surface area contributed by atoms with Crippen LogP contribution in [-0.2, 0) is 11.3 Å². The van der Waals surface area contributed by atoms with Gasteiger partial charge in [0.2, 0.25) is 0 Å². The number of nitrogens with zero attached hydrogens (tertiary/aromatic N) is 1. The zero-order valence-corrected chi connectivity index (χ0v) is 19.7. The standard InChI is InChI=1S/C28H29NO6/c1-2-33-27(30)23-7-5-21(6-8-23)22-9-13-24(14-10-22)34-19-20-3-11-25(12-4-20)35-26-15-17-29(18-16-26)28(31)32/h3-14,26H,2,15-19H2,1H3,(H,31,32). The Balaban J connectivity index is 1.26. The lowest BCUT2D eigenvalue weighted by Crippen LogP contribution is -2.41. The second-order valence-electron chi connectivity index (χ2n) is 8.34. The molecule has 7 heteroatoms. The fourth-order valence-electron chi connectivity index (χ4n) is 3.95. The number of esters is 1. The molecule has 182 valence electrons. The Kier molecular flexibility index (Phi) is 7.88. The second-order valence-corrected chi connectivity index (χ2v) is 8.34. The van der Waals surface area contributed by atoms with Crippen LogP contribution in [0.4, 0.5) is 4.79 Å². The highest BCUT2D eigenvalue weighted by molar-refractivity contribution is 5.90. The Hall–Kier alpha value is -4.00. The minimum Gasteiger partial charge on any atom is -0.490 e. The molecule has 0 bridgehead atoms. The highest BCUT2D eigenvalue weighted by Gasteiger charge is 2.23. The number of carbonyl (C=O) groups excluding carboxylic acids is 1. The monoisotopic (exact) mass is 475 g/mol. The van der Waals surface area contributed by atoms with Gasteiger partial charge in [-0.2, -0.15) is 0 Å². The average Bonchev–Trinajstić information content (AvgIpc) is 2.89. The number of amides is 1. The van der Waals surface area contributed by atoms with Crippen LogP contribution in [0.15, 0.2) is 72.8 Å². The molecule has 0 aromatic heterocycles. The van der Waals surface area contributed by atoms with Gasteiger partial charge in [-0.25, -0.2) is 9.59 Å². The van der Waals surface area contributed by atoms with Crippen molar-refractivity contribution in [2.24, 2.45) is 0 Å². The van der Waals surface area contributed by atoms with E-state index in [0.717, 1.165) is 28.2 Å². The summed E-state index contributed by atoms with van der Waals surface area (Å²) in [5.41, 5.74) is 3.60. The molecule has 0 aliphatic carbocycles. The molecule has 35 heavy (non-hydrogen) atoms. The van der Waals surface area contributed by atoms with Crippen molar-refractivity contribution in [3.63, 3.8) is 0 Å². The van der Waals surface area contributed by atoms with E-state index < -0.39 is 6.09 Å². The maximum Gasteiger partial charge on any atom is 0.407 e. The number of likely N-dealkylation sites (tertiary alicyclic amines) is 1. The molecule has 1 aliphatic heterocycles. The number of carboxylic acid groups (broad SMARTS) is 1. The number of piperidine rings is 1. The fraction of sp³-hybridized carbons (Fsp3) is 0.286. The van der Waals surface area contributed by atoms with Gasteiger partial charge in [0.25, 0.3) is 0 Å². The molecule has 1 amide bonds. The van der Waals surface area contributed by atoms with Crippen LogP contribution in [0.1, 0.15) is 35.7 Å². The lowest BCUT2D eigenvalue weighted by Gasteiger charge is -2.30. The van der Waals surface area contributed by atoms with E-state index in [1.54, 1.807) is 19.1 Å². The van der Waals surface area contributed by atoms with Crippen molar-refractivity contribution in [2.75, 3.05) is 19.7 Å². The number of carbonyl (C=O) groups is 2. The first-order valence-electron chi connectivity index (χ1n) is 11.8. The molecule has 7 nitrogen and oxygen atoms in total. The minimum absolute atomic E-state index is 0.0348. The normalized spacial score (nSPS) is 13.8. The van der Waals surface area contributed by atoms with E-state index in [2.05, 4.69) is 0 Å². The van der Waals surface area contributed by atoms with Gasteiger partial charge >= 0.3 is 12.1 Å². The van der Waals surface area contributed by atoms with Gasteiger partial charge in [0.1, 0.15) is 24.2 Å². The molecule has 3 aromatic carbocycles. The summed E-state index contributed by atoms with van der Waals surface area (Å²) in [6, 6.07) is 23.0. The van der Waals surface area contributed by atoms with Gasteiger partial charge in [-0.1, -0.05) is 36.4 Å². The molecular formula is C28H29NO6. The van der Waals surface area contributed by atoms with Gasteiger partial charge < -0.3 is 24.2 Å². The van der Waals surface area contributed by atoms with Crippen molar-refractivity contribution in [1.82, 2.24) is 4.90 Å². The SMILES string of the molecule is CCOC(=O)c1ccc(-c2ccc(OCc3ccc(OC4CCN(C(=O)O)CC4)cc3)cc2)cc1. The van der Waals surface area contributed by atoms with Crippen molar-refractivity contribution in [3.8, 4) is 22.6 Å². The molecule has 0 unspecified atom stereocenters. The first-order valence-corrected chi connectivity index (χ1v) is 11.8. The van der Waals surface area contributed by atoms with Crippen LogP contribution in [0.2, 0.25) is 0 Å². The number of ether oxygens (including phenoxy) is 3. The van der Waals surface area contributed by atoms with E-state index in [4.69, 9.17) is 19.3 Å². The molecule has 1 aliphatic rings. The van der Waals surface area contributed by atoms with E-state index in [9.17, 15) is 9.59 Å². The van der Waals surface area contributed by atoms with Gasteiger partial charge in [-0.3, -0.25) is 0 Å². The highest BCUT2D eigenvalue weighted by atomic mass is 16.5. The minimum atomic E-state index is -0.868. The first kappa shape index (κ1) is 24.1. The Morgan fingerprint density at radius 2 is 1.43 bits per heavy atom. The van der Waals surface area contributed by atoms with Crippen LogP contribution in [0.3, 0.4) is 0 Å². The quantitative estimate of drug-likeness (QED) is 0.425. The number of rotatable bonds is 8. The number of hydrogen-bond acceptors (Lipinski definition) is 5. The summed E-state index contributed by atoms with van der Waals surface area (Å²) in [7, 11) is 0. The van der Waals surface area contributed by atoms with Crippen LogP contribution in [-0.4, -0.2) is 47.9 Å². The molecule has 1 fully saturated rings. The molecule has 1 heterocycles. The third-order valence-corrected chi connectivity index (χ3v) is 5.93. The van der Waals surface area contributed by atoms with Crippen LogP contribution >= 0.6 is 0 Å². The van der Waals surface area contributed by atoms with Crippen molar-refractivity contribution >= 4 is 12.1 Å². The van der Waals surface area contributed by atoms with Gasteiger partial charge in [0.05, 0.1) is 12.2 Å². The molecular weight excluding hydrogens is 446 g/mol. The summed E-state index contributed by atoms with van der Waals surface area (Å²) in [6.45, 7) is 3.59. The van der Waals surface area contributed by atoms with Gasteiger partial charge in [-0.05, 0) is 60.0 Å². The molecule has 0 saturated carbocycles. The van der Waals surface area contributed by atoms with Crippen molar-refractivity contribution < 1.29 is 28.9 Å². The van der Waals surface area contributed by atoms with Crippen LogP contribution in [0, 0.1) is 0 Å². The summed E-state index contributed by atoms with van der Waals surface area (Å²) in [6.07, 6.45) is 0.561. The molecule has 1 saturated heterocycles. The van der Waals surface area contributed by atoms with Gasteiger partial charge in [0, 0.05) is 25.9 Å². The van der Waals surface area contributed by atoms with Gasteiger partial charge in [-0.15, -0.1) is 0 Å². The summed E-state index contributed by atoms with van der Waals surface area (Å²) in [5, 5.41) is 9.04. The summed E-state index contributed by atoms with van der Waals surface area (Å²) in [4.78, 5) is 24.2. The fourth-order valence-corrected chi connectivity index (χ4v) is 3.95. The second kappa shape index (κ2) is 11.4. The summed E-state index contributed by atoms with van der Waals surface area (Å²) >= 11 is 0. The molecule has 0 spiro atoms. The zero-order chi connectivity index (χ0) is 24.6. The Bertz CT molecular complexity index is 1120. The number of hydrogen-bond donors (Lipinski definition) is 1. The van der Waals surface area contributed by atoms with E-state index in [-0.39, 0.29) is 12.1 Å². The van der Waals surface area contributed by atoms with Crippen LogP contribution in [0.25, 0.3) is 11.1 Å². The topological polar surface area (TPSA) is 85.3 Å². The molecule has 3 aromatic rings. The molecule has 0 atom stereocenters. The Labute approximate surface area is 204 Å². The predicted octanol–water partition coefficient (Wildman–Crippen LogP) is 5.63. The maximum atomic E-state index is 11.8. The maximum absolute atomic E-state index is 11.8. The first-order chi connectivity index (χ1) is 17.0. The average molecular weight is 476 g/mol. The molecule has 4 rings (SSSR count). The van der Waals surface area contributed by atoms with Crippen molar-refractivity contribution in [2.45, 2.75) is 32.5 Å². The third kappa shape index (κ3) is 6.53. The van der Waals surface area contributed by atoms with E-state index >= 15 is 0 Å². The summed E-state index contributed by atoms with van der Waals surface area (Å²) < 4.78 is 16.9. The summed E-state index contributed by atoms with van der Waals surface area (Å²) in [5.74, 6) is 1.23. The smallest absolute Gasteiger partial charge is 0.407 e. The van der Waals surface area contributed by atoms with Crippen molar-refractivity contribution in [3.05, 3.63) is 83.9 Å². The van der Waals surface area contributed by atoms with Crippen LogP contribution < -0.4 is 9.47 Å². The van der Waals surface area contributed by atoms with E-state index in [1.807, 2.05) is 60.7 Å². The molecule has 0 radical (unpaired) electrons.